The third-order valence-corrected chi connectivity index (χ3v) is 5.53. The van der Waals surface area contributed by atoms with E-state index in [1.807, 2.05) is 6.92 Å². The Morgan fingerprint density at radius 2 is 1.97 bits per heavy atom. The number of hydrogen-bond acceptors (Lipinski definition) is 7. The lowest BCUT2D eigenvalue weighted by Crippen LogP contribution is -2.49. The van der Waals surface area contributed by atoms with Crippen LogP contribution in [-0.4, -0.2) is 69.1 Å². The van der Waals surface area contributed by atoms with Crippen molar-refractivity contribution in [3.8, 4) is 0 Å². The van der Waals surface area contributed by atoms with Gasteiger partial charge in [-0.1, -0.05) is 6.07 Å². The summed E-state index contributed by atoms with van der Waals surface area (Å²) in [5, 5.41) is 4.33. The third kappa shape index (κ3) is 4.39. The summed E-state index contributed by atoms with van der Waals surface area (Å²) >= 11 is 0. The molecule has 0 radical (unpaired) electrons. The molecule has 0 unspecified atom stereocenters. The van der Waals surface area contributed by atoms with Gasteiger partial charge in [-0.3, -0.25) is 9.59 Å². The van der Waals surface area contributed by atoms with Crippen molar-refractivity contribution in [3.63, 3.8) is 0 Å². The fourth-order valence-electron chi connectivity index (χ4n) is 3.97. The normalized spacial score (nSPS) is 14.1. The van der Waals surface area contributed by atoms with Crippen molar-refractivity contribution in [3.05, 3.63) is 53.2 Å². The Kier molecular flexibility index (Phi) is 6.29. The molecule has 0 aliphatic carbocycles. The van der Waals surface area contributed by atoms with Crippen molar-refractivity contribution < 1.29 is 18.7 Å². The lowest BCUT2D eigenvalue weighted by Gasteiger charge is -2.37. The van der Waals surface area contributed by atoms with Gasteiger partial charge in [-0.25, -0.2) is 9.37 Å². The second kappa shape index (κ2) is 9.29. The van der Waals surface area contributed by atoms with E-state index in [4.69, 9.17) is 4.74 Å². The van der Waals surface area contributed by atoms with Crippen LogP contribution in [0.25, 0.3) is 5.78 Å². The first-order chi connectivity index (χ1) is 15.5. The van der Waals surface area contributed by atoms with E-state index in [9.17, 15) is 14.0 Å². The number of ether oxygens (including phenoxy) is 1. The van der Waals surface area contributed by atoms with Crippen LogP contribution in [0, 0.1) is 12.7 Å². The van der Waals surface area contributed by atoms with Crippen molar-refractivity contribution in [1.82, 2.24) is 24.5 Å². The Balaban J connectivity index is 1.55. The van der Waals surface area contributed by atoms with Gasteiger partial charge in [-0.15, -0.1) is 0 Å². The maximum atomic E-state index is 13.5. The van der Waals surface area contributed by atoms with Crippen molar-refractivity contribution >= 4 is 23.5 Å². The van der Waals surface area contributed by atoms with Gasteiger partial charge in [0.1, 0.15) is 18.0 Å². The molecule has 0 atom stereocenters. The quantitative estimate of drug-likeness (QED) is 0.542. The molecule has 32 heavy (non-hydrogen) atoms. The van der Waals surface area contributed by atoms with Crippen LogP contribution in [0.5, 0.6) is 0 Å². The Morgan fingerprint density at radius 3 is 2.69 bits per heavy atom. The average molecular weight is 440 g/mol. The summed E-state index contributed by atoms with van der Waals surface area (Å²) in [5.41, 5.74) is 2.02. The van der Waals surface area contributed by atoms with Gasteiger partial charge in [0, 0.05) is 49.4 Å². The number of piperazine rings is 1. The van der Waals surface area contributed by atoms with Crippen LogP contribution in [0.4, 0.5) is 10.2 Å². The predicted molar refractivity (Wildman–Crippen MR) is 115 cm³/mol. The Morgan fingerprint density at radius 1 is 1.19 bits per heavy atom. The van der Waals surface area contributed by atoms with Crippen LogP contribution >= 0.6 is 0 Å². The number of esters is 1. The summed E-state index contributed by atoms with van der Waals surface area (Å²) in [6, 6.07) is 5.74. The monoisotopic (exact) mass is 440 g/mol. The summed E-state index contributed by atoms with van der Waals surface area (Å²) in [7, 11) is 0. The van der Waals surface area contributed by atoms with Gasteiger partial charge in [0.05, 0.1) is 6.61 Å². The van der Waals surface area contributed by atoms with Gasteiger partial charge in [0.2, 0.25) is 0 Å². The number of rotatable bonds is 6. The number of aromatic nitrogens is 4. The van der Waals surface area contributed by atoms with Gasteiger partial charge < -0.3 is 14.5 Å². The van der Waals surface area contributed by atoms with E-state index >= 15 is 0 Å². The number of amides is 1. The standard InChI is InChI=1S/C22H25FN6O3/c1-3-32-19(30)8-7-18-15(2)26-22-24-14-25-29(22)20(18)27-9-11-28(12-10-27)21(31)16-5-4-6-17(23)13-16/h4-6,13-14H,3,7-12H2,1-2H3. The first-order valence-electron chi connectivity index (χ1n) is 10.6. The van der Waals surface area contributed by atoms with Crippen molar-refractivity contribution in [2.75, 3.05) is 37.7 Å². The zero-order valence-electron chi connectivity index (χ0n) is 18.1. The molecule has 1 amide bonds. The molecule has 0 saturated carbocycles. The second-order valence-corrected chi connectivity index (χ2v) is 7.57. The minimum atomic E-state index is -0.429. The van der Waals surface area contributed by atoms with Crippen molar-refractivity contribution in [1.29, 1.82) is 0 Å². The molecule has 9 nitrogen and oxygen atoms in total. The number of hydrogen-bond donors (Lipinski definition) is 0. The smallest absolute Gasteiger partial charge is 0.306 e. The van der Waals surface area contributed by atoms with E-state index in [-0.39, 0.29) is 18.3 Å². The molecule has 1 saturated heterocycles. The number of carbonyl (C=O) groups is 2. The number of anilines is 1. The van der Waals surface area contributed by atoms with Crippen LogP contribution in [0.1, 0.15) is 35.0 Å². The highest BCUT2D eigenvalue weighted by Crippen LogP contribution is 2.26. The highest BCUT2D eigenvalue weighted by atomic mass is 19.1. The minimum absolute atomic E-state index is 0.191. The van der Waals surface area contributed by atoms with E-state index in [0.29, 0.717) is 50.5 Å². The van der Waals surface area contributed by atoms with Gasteiger partial charge in [-0.05, 0) is 38.5 Å². The molecule has 168 valence electrons. The molecule has 0 spiro atoms. The SMILES string of the molecule is CCOC(=O)CCc1c(C)nc2ncnn2c1N1CCN(C(=O)c2cccc(F)c2)CC1. The van der Waals surface area contributed by atoms with Crippen LogP contribution in [0.3, 0.4) is 0 Å². The van der Waals surface area contributed by atoms with Crippen molar-refractivity contribution in [2.45, 2.75) is 26.7 Å². The lowest BCUT2D eigenvalue weighted by atomic mass is 10.1. The number of benzene rings is 1. The Bertz CT molecular complexity index is 1140. The fraction of sp³-hybridized carbons (Fsp3) is 0.409. The van der Waals surface area contributed by atoms with E-state index in [0.717, 1.165) is 17.1 Å². The van der Waals surface area contributed by atoms with Gasteiger partial charge in [0.25, 0.3) is 11.7 Å². The Hall–Kier alpha value is -3.56. The molecule has 1 aliphatic rings. The Labute approximate surface area is 184 Å². The molecular weight excluding hydrogens is 415 g/mol. The molecule has 1 aromatic carbocycles. The molecule has 4 rings (SSSR count). The average Bonchev–Trinajstić information content (AvgIpc) is 3.25. The molecule has 10 heteroatoms. The molecule has 0 bridgehead atoms. The van der Waals surface area contributed by atoms with E-state index in [2.05, 4.69) is 20.0 Å². The number of aryl methyl sites for hydroxylation is 1. The molecule has 2 aromatic heterocycles. The fourth-order valence-corrected chi connectivity index (χ4v) is 3.97. The molecule has 3 aromatic rings. The summed E-state index contributed by atoms with van der Waals surface area (Å²) in [6.45, 7) is 6.09. The zero-order valence-corrected chi connectivity index (χ0v) is 18.1. The summed E-state index contributed by atoms with van der Waals surface area (Å²) in [5.74, 6) is 0.426. The molecule has 3 heterocycles. The lowest BCUT2D eigenvalue weighted by molar-refractivity contribution is -0.143. The zero-order chi connectivity index (χ0) is 22.7. The summed E-state index contributed by atoms with van der Waals surface area (Å²) in [6.07, 6.45) is 2.15. The van der Waals surface area contributed by atoms with Crippen LogP contribution in [0.2, 0.25) is 0 Å². The van der Waals surface area contributed by atoms with Crippen LogP contribution < -0.4 is 4.90 Å². The van der Waals surface area contributed by atoms with Crippen LogP contribution in [-0.2, 0) is 16.0 Å². The topological polar surface area (TPSA) is 92.9 Å². The highest BCUT2D eigenvalue weighted by Gasteiger charge is 2.27. The number of halogens is 1. The number of carbonyl (C=O) groups excluding carboxylic acids is 2. The third-order valence-electron chi connectivity index (χ3n) is 5.53. The van der Waals surface area contributed by atoms with Gasteiger partial charge in [-0.2, -0.15) is 14.6 Å². The van der Waals surface area contributed by atoms with Crippen molar-refractivity contribution in [2.24, 2.45) is 0 Å². The largest absolute Gasteiger partial charge is 0.466 e. The first kappa shape index (κ1) is 21.7. The maximum Gasteiger partial charge on any atom is 0.306 e. The molecular formula is C22H25FN6O3. The molecule has 1 aliphatic heterocycles. The predicted octanol–water partition coefficient (Wildman–Crippen LogP) is 2.03. The minimum Gasteiger partial charge on any atom is -0.466 e. The summed E-state index contributed by atoms with van der Waals surface area (Å²) < 4.78 is 20.3. The van der Waals surface area contributed by atoms with Crippen LogP contribution in [0.15, 0.2) is 30.6 Å². The van der Waals surface area contributed by atoms with Gasteiger partial charge in [0.15, 0.2) is 0 Å². The second-order valence-electron chi connectivity index (χ2n) is 7.57. The van der Waals surface area contributed by atoms with E-state index < -0.39 is 5.82 Å². The number of fused-ring (bicyclic) bond motifs is 1. The first-order valence-corrected chi connectivity index (χ1v) is 10.6. The summed E-state index contributed by atoms with van der Waals surface area (Å²) in [4.78, 5) is 37.3. The highest BCUT2D eigenvalue weighted by molar-refractivity contribution is 5.94. The van der Waals surface area contributed by atoms with E-state index in [1.54, 1.807) is 22.4 Å². The molecule has 1 fully saturated rings. The maximum absolute atomic E-state index is 13.5. The number of nitrogens with zero attached hydrogens (tertiary/aromatic N) is 6. The molecule has 0 N–H and O–H groups in total. The van der Waals surface area contributed by atoms with E-state index in [1.165, 1.54) is 24.5 Å². The van der Waals surface area contributed by atoms with Gasteiger partial charge >= 0.3 is 5.97 Å².